The number of ketones is 1. The Kier molecular flexibility index (Phi) is 3.66. The molecule has 1 aliphatic rings. The van der Waals surface area contributed by atoms with Gasteiger partial charge in [-0.1, -0.05) is 48.0 Å². The maximum atomic E-state index is 11.8. The minimum atomic E-state index is 0.180. The fraction of sp³-hybridized carbons (Fsp3) is 0.176. The Labute approximate surface area is 123 Å². The second-order valence-electron chi connectivity index (χ2n) is 4.87. The lowest BCUT2D eigenvalue weighted by Gasteiger charge is -2.15. The van der Waals surface area contributed by atoms with E-state index in [-0.39, 0.29) is 12.3 Å². The predicted molar refractivity (Wildman–Crippen MR) is 81.7 cm³/mol. The zero-order chi connectivity index (χ0) is 13.9. The highest BCUT2D eigenvalue weighted by molar-refractivity contribution is 6.31. The number of rotatable bonds is 1. The summed E-state index contributed by atoms with van der Waals surface area (Å²) in [6.45, 7) is 0.246. The molecule has 1 heterocycles. The van der Waals surface area contributed by atoms with Gasteiger partial charge in [-0.2, -0.15) is 0 Å². The number of halogens is 1. The Hall–Kier alpha value is -1.93. The molecule has 0 spiro atoms. The molecule has 0 aromatic heterocycles. The van der Waals surface area contributed by atoms with Gasteiger partial charge in [0, 0.05) is 22.6 Å². The third-order valence-electron chi connectivity index (χ3n) is 3.46. The van der Waals surface area contributed by atoms with Gasteiger partial charge in [0.2, 0.25) is 0 Å². The summed E-state index contributed by atoms with van der Waals surface area (Å²) in [5, 5.41) is 0.694. The summed E-state index contributed by atoms with van der Waals surface area (Å²) in [4.78, 5) is 16.3. The van der Waals surface area contributed by atoms with Gasteiger partial charge in [0.15, 0.2) is 5.78 Å². The van der Waals surface area contributed by atoms with Crippen molar-refractivity contribution < 1.29 is 4.79 Å². The lowest BCUT2D eigenvalue weighted by Crippen LogP contribution is -2.15. The van der Waals surface area contributed by atoms with Crippen LogP contribution >= 0.6 is 11.6 Å². The van der Waals surface area contributed by atoms with Crippen LogP contribution in [0.1, 0.15) is 23.1 Å². The number of nitrogens with zero attached hydrogens (tertiary/aromatic N) is 1. The van der Waals surface area contributed by atoms with Crippen molar-refractivity contribution in [1.29, 1.82) is 0 Å². The number of carbonyl (C=O) groups is 1. The van der Waals surface area contributed by atoms with Crippen LogP contribution in [0, 0.1) is 0 Å². The molecule has 0 aliphatic carbocycles. The minimum Gasteiger partial charge on any atom is -0.298 e. The van der Waals surface area contributed by atoms with Gasteiger partial charge in [0.25, 0.3) is 0 Å². The SMILES string of the molecule is O=C1CCc2ccc(Cl)cc2C(c2ccccc2)=NC1. The Morgan fingerprint density at radius 3 is 2.60 bits per heavy atom. The van der Waals surface area contributed by atoms with Crippen LogP contribution in [0.3, 0.4) is 0 Å². The fourth-order valence-electron chi connectivity index (χ4n) is 2.44. The quantitative estimate of drug-likeness (QED) is 0.785. The number of aliphatic imine (C=N–C) groups is 1. The van der Waals surface area contributed by atoms with Crippen molar-refractivity contribution in [1.82, 2.24) is 0 Å². The molecule has 100 valence electrons. The molecule has 0 fully saturated rings. The number of hydrogen-bond donors (Lipinski definition) is 0. The second kappa shape index (κ2) is 5.59. The molecule has 0 saturated heterocycles. The van der Waals surface area contributed by atoms with Gasteiger partial charge in [-0.3, -0.25) is 9.79 Å². The predicted octanol–water partition coefficient (Wildman–Crippen LogP) is 3.69. The van der Waals surface area contributed by atoms with Crippen molar-refractivity contribution in [2.45, 2.75) is 12.8 Å². The first-order chi connectivity index (χ1) is 9.74. The molecule has 0 N–H and O–H groups in total. The molecule has 0 amide bonds. The number of aryl methyl sites for hydroxylation is 1. The second-order valence-corrected chi connectivity index (χ2v) is 5.31. The molecule has 0 unspecified atom stereocenters. The lowest BCUT2D eigenvalue weighted by atomic mass is 9.93. The highest BCUT2D eigenvalue weighted by Gasteiger charge is 2.16. The van der Waals surface area contributed by atoms with Crippen LogP contribution in [0.4, 0.5) is 0 Å². The lowest BCUT2D eigenvalue weighted by molar-refractivity contribution is -0.117. The van der Waals surface area contributed by atoms with E-state index in [9.17, 15) is 4.79 Å². The Balaban J connectivity index is 2.17. The van der Waals surface area contributed by atoms with Crippen LogP contribution in [0.15, 0.2) is 53.5 Å². The zero-order valence-corrected chi connectivity index (χ0v) is 11.7. The van der Waals surface area contributed by atoms with E-state index in [0.717, 1.165) is 28.8 Å². The van der Waals surface area contributed by atoms with E-state index in [4.69, 9.17) is 11.6 Å². The number of fused-ring (bicyclic) bond motifs is 1. The van der Waals surface area contributed by atoms with Gasteiger partial charge in [-0.15, -0.1) is 0 Å². The third kappa shape index (κ3) is 2.66. The fourth-order valence-corrected chi connectivity index (χ4v) is 2.61. The molecule has 0 radical (unpaired) electrons. The zero-order valence-electron chi connectivity index (χ0n) is 11.0. The number of hydrogen-bond acceptors (Lipinski definition) is 2. The first kappa shape index (κ1) is 13.1. The van der Waals surface area contributed by atoms with Crippen LogP contribution in [-0.2, 0) is 11.2 Å². The summed E-state index contributed by atoms with van der Waals surface area (Å²) in [7, 11) is 0. The standard InChI is InChI=1S/C17H14ClNO/c18-14-8-6-12-7-9-15(20)11-19-17(16(12)10-14)13-4-2-1-3-5-13/h1-6,8,10H,7,9,11H2. The maximum Gasteiger partial charge on any atom is 0.154 e. The Morgan fingerprint density at radius 1 is 1.00 bits per heavy atom. The molecule has 0 bridgehead atoms. The van der Waals surface area contributed by atoms with Crippen LogP contribution in [0.25, 0.3) is 0 Å². The normalized spacial score (nSPS) is 15.1. The average molecular weight is 284 g/mol. The van der Waals surface area contributed by atoms with E-state index in [2.05, 4.69) is 4.99 Å². The smallest absolute Gasteiger partial charge is 0.154 e. The number of benzene rings is 2. The van der Waals surface area contributed by atoms with Crippen molar-refractivity contribution >= 4 is 23.1 Å². The minimum absolute atomic E-state index is 0.180. The molecule has 3 rings (SSSR count). The summed E-state index contributed by atoms with van der Waals surface area (Å²) >= 11 is 6.13. The first-order valence-electron chi connectivity index (χ1n) is 6.64. The van der Waals surface area contributed by atoms with Crippen molar-refractivity contribution in [3.63, 3.8) is 0 Å². The first-order valence-corrected chi connectivity index (χ1v) is 7.02. The van der Waals surface area contributed by atoms with E-state index in [1.165, 1.54) is 0 Å². The van der Waals surface area contributed by atoms with Gasteiger partial charge in [-0.05, 0) is 24.1 Å². The van der Waals surface area contributed by atoms with Gasteiger partial charge in [-0.25, -0.2) is 0 Å². The van der Waals surface area contributed by atoms with Crippen molar-refractivity contribution in [2.75, 3.05) is 6.54 Å². The number of Topliss-reactive ketones (excluding diaryl/α,β-unsaturated/α-hetero) is 1. The molecule has 1 aliphatic heterocycles. The molecule has 20 heavy (non-hydrogen) atoms. The van der Waals surface area contributed by atoms with Crippen molar-refractivity contribution in [2.24, 2.45) is 4.99 Å². The van der Waals surface area contributed by atoms with E-state index >= 15 is 0 Å². The van der Waals surface area contributed by atoms with Gasteiger partial charge >= 0.3 is 0 Å². The van der Waals surface area contributed by atoms with E-state index < -0.39 is 0 Å². The van der Waals surface area contributed by atoms with Crippen LogP contribution in [-0.4, -0.2) is 18.0 Å². The molecule has 2 aromatic carbocycles. The summed E-state index contributed by atoms with van der Waals surface area (Å²) in [5.74, 6) is 0.180. The molecule has 2 aromatic rings. The highest BCUT2D eigenvalue weighted by Crippen LogP contribution is 2.23. The molecule has 0 atom stereocenters. The van der Waals surface area contributed by atoms with E-state index in [1.54, 1.807) is 0 Å². The van der Waals surface area contributed by atoms with E-state index in [0.29, 0.717) is 11.4 Å². The van der Waals surface area contributed by atoms with Gasteiger partial charge < -0.3 is 0 Å². The average Bonchev–Trinajstić information content (AvgIpc) is 2.46. The largest absolute Gasteiger partial charge is 0.298 e. The maximum absolute atomic E-state index is 11.8. The highest BCUT2D eigenvalue weighted by atomic mass is 35.5. The van der Waals surface area contributed by atoms with E-state index in [1.807, 2.05) is 48.5 Å². The Morgan fingerprint density at radius 2 is 1.80 bits per heavy atom. The monoisotopic (exact) mass is 283 g/mol. The number of carbonyl (C=O) groups excluding carboxylic acids is 1. The molecule has 3 heteroatoms. The van der Waals surface area contributed by atoms with Crippen molar-refractivity contribution in [3.05, 3.63) is 70.2 Å². The van der Waals surface area contributed by atoms with Crippen LogP contribution in [0.5, 0.6) is 0 Å². The van der Waals surface area contributed by atoms with Gasteiger partial charge in [0.05, 0.1) is 12.3 Å². The summed E-state index contributed by atoms with van der Waals surface area (Å²) in [6, 6.07) is 15.7. The Bertz CT molecular complexity index is 677. The van der Waals surface area contributed by atoms with Crippen LogP contribution < -0.4 is 0 Å². The van der Waals surface area contributed by atoms with Gasteiger partial charge in [0.1, 0.15) is 0 Å². The van der Waals surface area contributed by atoms with Crippen molar-refractivity contribution in [3.8, 4) is 0 Å². The topological polar surface area (TPSA) is 29.4 Å². The molecule has 0 saturated carbocycles. The van der Waals surface area contributed by atoms with Crippen LogP contribution in [0.2, 0.25) is 5.02 Å². The molecular formula is C17H14ClNO. The summed E-state index contributed by atoms with van der Waals surface area (Å²) in [5.41, 5.74) is 4.04. The third-order valence-corrected chi connectivity index (χ3v) is 3.70. The molecular weight excluding hydrogens is 270 g/mol. The summed E-state index contributed by atoms with van der Waals surface area (Å²) < 4.78 is 0. The summed E-state index contributed by atoms with van der Waals surface area (Å²) in [6.07, 6.45) is 1.29. The molecule has 2 nitrogen and oxygen atoms in total.